The first-order valence-electron chi connectivity index (χ1n) is 6.01. The van der Waals surface area contributed by atoms with E-state index in [9.17, 15) is 0 Å². The number of nitrogens with zero attached hydrogens (tertiary/aromatic N) is 2. The highest BCUT2D eigenvalue weighted by Crippen LogP contribution is 2.34. The van der Waals surface area contributed by atoms with Gasteiger partial charge in [-0.15, -0.1) is 0 Å². The molecule has 1 unspecified atom stereocenters. The summed E-state index contributed by atoms with van der Waals surface area (Å²) >= 11 is 0. The maximum atomic E-state index is 4.41. The first-order valence-corrected chi connectivity index (χ1v) is 6.01. The van der Waals surface area contributed by atoms with Gasteiger partial charge < -0.3 is 5.32 Å². The third-order valence-corrected chi connectivity index (χ3v) is 3.14. The molecule has 3 nitrogen and oxygen atoms in total. The molecule has 0 aliphatic heterocycles. The van der Waals surface area contributed by atoms with E-state index < -0.39 is 0 Å². The molecule has 1 aromatic rings. The minimum absolute atomic E-state index is 0.719. The number of nitrogens with one attached hydrogen (secondary N) is 1. The van der Waals surface area contributed by atoms with E-state index in [4.69, 9.17) is 0 Å². The van der Waals surface area contributed by atoms with Crippen molar-refractivity contribution < 1.29 is 0 Å². The van der Waals surface area contributed by atoms with E-state index in [1.807, 2.05) is 17.9 Å². The van der Waals surface area contributed by atoms with Gasteiger partial charge in [-0.25, -0.2) is 0 Å². The number of hydrogen-bond donors (Lipinski definition) is 1. The van der Waals surface area contributed by atoms with Crippen LogP contribution >= 0.6 is 0 Å². The molecule has 0 radical (unpaired) electrons. The van der Waals surface area contributed by atoms with Gasteiger partial charge in [0.15, 0.2) is 0 Å². The fourth-order valence-electron chi connectivity index (χ4n) is 2.17. The zero-order chi connectivity index (χ0) is 10.7. The van der Waals surface area contributed by atoms with Gasteiger partial charge in [0.25, 0.3) is 0 Å². The van der Waals surface area contributed by atoms with Gasteiger partial charge in [0.1, 0.15) is 0 Å². The fraction of sp³-hybridized carbons (Fsp3) is 0.750. The van der Waals surface area contributed by atoms with Crippen molar-refractivity contribution in [3.8, 4) is 0 Å². The van der Waals surface area contributed by atoms with Gasteiger partial charge in [0, 0.05) is 19.3 Å². The second-order valence-corrected chi connectivity index (χ2v) is 4.52. The molecule has 1 N–H and O–H groups in total. The van der Waals surface area contributed by atoms with Crippen LogP contribution in [-0.2, 0) is 13.5 Å². The first-order chi connectivity index (χ1) is 7.29. The van der Waals surface area contributed by atoms with E-state index in [1.165, 1.54) is 25.0 Å². The van der Waals surface area contributed by atoms with Crippen LogP contribution in [0.5, 0.6) is 0 Å². The van der Waals surface area contributed by atoms with Crippen LogP contribution in [0.15, 0.2) is 12.3 Å². The molecule has 1 atom stereocenters. The molecule has 0 amide bonds. The lowest BCUT2D eigenvalue weighted by molar-refractivity contribution is 0.444. The van der Waals surface area contributed by atoms with Crippen LogP contribution in [0.25, 0.3) is 0 Å². The Labute approximate surface area is 91.9 Å². The maximum absolute atomic E-state index is 4.41. The van der Waals surface area contributed by atoms with Crippen LogP contribution in [0.4, 0.5) is 0 Å². The molecule has 0 saturated heterocycles. The summed E-state index contributed by atoms with van der Waals surface area (Å²) in [6.45, 7) is 3.28. The van der Waals surface area contributed by atoms with Gasteiger partial charge in [-0.2, -0.15) is 5.10 Å². The van der Waals surface area contributed by atoms with Gasteiger partial charge in [0.05, 0.1) is 5.69 Å². The van der Waals surface area contributed by atoms with Crippen LogP contribution in [0.2, 0.25) is 0 Å². The quantitative estimate of drug-likeness (QED) is 0.770. The summed E-state index contributed by atoms with van der Waals surface area (Å²) in [7, 11) is 1.98. The van der Waals surface area contributed by atoms with Crippen molar-refractivity contribution in [1.29, 1.82) is 0 Å². The molecule has 1 aliphatic rings. The van der Waals surface area contributed by atoms with E-state index in [-0.39, 0.29) is 0 Å². The summed E-state index contributed by atoms with van der Waals surface area (Å²) < 4.78 is 1.88. The predicted octanol–water partition coefficient (Wildman–Crippen LogP) is 1.74. The Hall–Kier alpha value is -0.830. The molecule has 1 fully saturated rings. The van der Waals surface area contributed by atoms with Crippen molar-refractivity contribution in [3.63, 3.8) is 0 Å². The van der Waals surface area contributed by atoms with Gasteiger partial charge in [-0.05, 0) is 44.2 Å². The molecule has 2 rings (SSSR count). The van der Waals surface area contributed by atoms with Gasteiger partial charge >= 0.3 is 0 Å². The van der Waals surface area contributed by atoms with E-state index in [2.05, 4.69) is 23.4 Å². The number of aryl methyl sites for hydroxylation is 2. The van der Waals surface area contributed by atoms with Crippen LogP contribution in [0.3, 0.4) is 0 Å². The lowest BCUT2D eigenvalue weighted by Crippen LogP contribution is -2.31. The molecular weight excluding hydrogens is 186 g/mol. The number of rotatable bonds is 6. The molecule has 1 aliphatic carbocycles. The molecule has 0 bridgehead atoms. The Morgan fingerprint density at radius 3 is 2.93 bits per heavy atom. The van der Waals surface area contributed by atoms with Crippen molar-refractivity contribution in [2.45, 2.75) is 38.6 Å². The van der Waals surface area contributed by atoms with Crippen LogP contribution in [-0.4, -0.2) is 22.4 Å². The molecular formula is C12H21N3. The summed E-state index contributed by atoms with van der Waals surface area (Å²) in [6, 6.07) is 2.84. The molecule has 3 heteroatoms. The van der Waals surface area contributed by atoms with Crippen LogP contribution < -0.4 is 5.32 Å². The average molecular weight is 207 g/mol. The zero-order valence-corrected chi connectivity index (χ0v) is 9.74. The fourth-order valence-corrected chi connectivity index (χ4v) is 2.17. The number of hydrogen-bond acceptors (Lipinski definition) is 2. The Morgan fingerprint density at radius 1 is 1.60 bits per heavy atom. The summed E-state index contributed by atoms with van der Waals surface area (Å²) in [6.07, 6.45) is 7.19. The SMILES string of the molecule is CCNC(CCc1ccn(C)n1)C1CC1. The Balaban J connectivity index is 1.79. The lowest BCUT2D eigenvalue weighted by atomic mass is 10.1. The molecule has 1 heterocycles. The standard InChI is InChI=1S/C12H21N3/c1-3-13-12(10-4-5-10)7-6-11-8-9-15(2)14-11/h8-10,12-13H,3-7H2,1-2H3. The number of aromatic nitrogens is 2. The lowest BCUT2D eigenvalue weighted by Gasteiger charge is -2.16. The highest BCUT2D eigenvalue weighted by Gasteiger charge is 2.30. The van der Waals surface area contributed by atoms with Crippen molar-refractivity contribution in [2.75, 3.05) is 6.54 Å². The van der Waals surface area contributed by atoms with Crippen LogP contribution in [0.1, 0.15) is 31.9 Å². The monoisotopic (exact) mass is 207 g/mol. The van der Waals surface area contributed by atoms with Crippen molar-refractivity contribution >= 4 is 0 Å². The normalized spacial score (nSPS) is 18.0. The summed E-state index contributed by atoms with van der Waals surface area (Å²) in [4.78, 5) is 0. The average Bonchev–Trinajstić information content (AvgIpc) is 2.97. The maximum Gasteiger partial charge on any atom is 0.0625 e. The largest absolute Gasteiger partial charge is 0.314 e. The summed E-state index contributed by atoms with van der Waals surface area (Å²) in [5, 5.41) is 8.00. The van der Waals surface area contributed by atoms with Gasteiger partial charge in [0.2, 0.25) is 0 Å². The molecule has 0 spiro atoms. The van der Waals surface area contributed by atoms with Crippen LogP contribution in [0, 0.1) is 5.92 Å². The molecule has 15 heavy (non-hydrogen) atoms. The Kier molecular flexibility index (Phi) is 3.41. The topological polar surface area (TPSA) is 29.9 Å². The van der Waals surface area contributed by atoms with Gasteiger partial charge in [-0.1, -0.05) is 6.92 Å². The first kappa shape index (κ1) is 10.7. The molecule has 1 saturated carbocycles. The third-order valence-electron chi connectivity index (χ3n) is 3.14. The predicted molar refractivity (Wildman–Crippen MR) is 61.7 cm³/mol. The van der Waals surface area contributed by atoms with E-state index in [1.54, 1.807) is 0 Å². The minimum Gasteiger partial charge on any atom is -0.314 e. The molecule has 84 valence electrons. The third kappa shape index (κ3) is 3.06. The smallest absolute Gasteiger partial charge is 0.0625 e. The summed E-state index contributed by atoms with van der Waals surface area (Å²) in [5.41, 5.74) is 1.22. The van der Waals surface area contributed by atoms with Crippen molar-refractivity contribution in [3.05, 3.63) is 18.0 Å². The summed E-state index contributed by atoms with van der Waals surface area (Å²) in [5.74, 6) is 0.939. The van der Waals surface area contributed by atoms with E-state index >= 15 is 0 Å². The molecule has 1 aromatic heterocycles. The van der Waals surface area contributed by atoms with Crippen molar-refractivity contribution in [1.82, 2.24) is 15.1 Å². The van der Waals surface area contributed by atoms with E-state index in [0.29, 0.717) is 0 Å². The zero-order valence-electron chi connectivity index (χ0n) is 9.74. The van der Waals surface area contributed by atoms with E-state index in [0.717, 1.165) is 24.9 Å². The minimum atomic E-state index is 0.719. The second-order valence-electron chi connectivity index (χ2n) is 4.52. The second kappa shape index (κ2) is 4.79. The Morgan fingerprint density at radius 2 is 2.40 bits per heavy atom. The highest BCUT2D eigenvalue weighted by atomic mass is 15.2. The molecule has 0 aromatic carbocycles. The highest BCUT2D eigenvalue weighted by molar-refractivity contribution is 5.00. The van der Waals surface area contributed by atoms with Crippen molar-refractivity contribution in [2.24, 2.45) is 13.0 Å². The Bertz CT molecular complexity index is 302. The van der Waals surface area contributed by atoms with Gasteiger partial charge in [-0.3, -0.25) is 4.68 Å².